The lowest BCUT2D eigenvalue weighted by Gasteiger charge is -2.12. The van der Waals surface area contributed by atoms with Crippen LogP contribution in [-0.4, -0.2) is 30.0 Å². The van der Waals surface area contributed by atoms with Crippen molar-refractivity contribution in [2.24, 2.45) is 0 Å². The molecule has 0 aliphatic rings. The van der Waals surface area contributed by atoms with Crippen molar-refractivity contribution in [2.45, 2.75) is 12.7 Å². The van der Waals surface area contributed by atoms with Crippen LogP contribution in [0.1, 0.15) is 22.8 Å². The molecule has 0 bridgehead atoms. The molecule has 2 aromatic carbocycles. The van der Waals surface area contributed by atoms with Crippen LogP contribution in [0.15, 0.2) is 36.4 Å². The Morgan fingerprint density at radius 2 is 2.04 bits per heavy atom. The predicted octanol–water partition coefficient (Wildman–Crippen LogP) is 5.53. The second kappa shape index (κ2) is 11.5. The minimum Gasteiger partial charge on any atom is -0.462 e. The maximum Gasteiger partial charge on any atom is 0.339 e. The lowest BCUT2D eigenvalue weighted by Crippen LogP contribution is -2.30. The van der Waals surface area contributed by atoms with Gasteiger partial charge in [0.25, 0.3) is 0 Å². The Morgan fingerprint density at radius 3 is 2.75 bits per heavy atom. The van der Waals surface area contributed by atoms with E-state index < -0.39 is 5.97 Å². The molecule has 28 heavy (non-hydrogen) atoms. The molecule has 0 fully saturated rings. The van der Waals surface area contributed by atoms with Gasteiger partial charge in [0, 0.05) is 34.3 Å². The maximum absolute atomic E-state index is 13.7. The maximum atomic E-state index is 13.7. The lowest BCUT2D eigenvalue weighted by atomic mass is 10.2. The number of ether oxygens (including phenoxy) is 1. The molecule has 150 valence electrons. The van der Waals surface area contributed by atoms with Gasteiger partial charge in [-0.2, -0.15) is 11.8 Å². The molecule has 2 aromatic rings. The first-order valence-electron chi connectivity index (χ1n) is 8.44. The highest BCUT2D eigenvalue weighted by molar-refractivity contribution is 7.98. The number of rotatable bonds is 8. The number of carbonyl (C=O) groups excluding carboxylic acids is 1. The topological polar surface area (TPSA) is 50.4 Å². The van der Waals surface area contributed by atoms with Gasteiger partial charge in [0.15, 0.2) is 5.11 Å². The predicted molar refractivity (Wildman–Crippen MR) is 119 cm³/mol. The average Bonchev–Trinajstić information content (AvgIpc) is 2.65. The summed E-state index contributed by atoms with van der Waals surface area (Å²) in [5.74, 6) is 0.401. The first-order chi connectivity index (χ1) is 13.4. The summed E-state index contributed by atoms with van der Waals surface area (Å²) in [7, 11) is 0. The quantitative estimate of drug-likeness (QED) is 0.306. The Balaban J connectivity index is 1.78. The van der Waals surface area contributed by atoms with Gasteiger partial charge in [-0.05, 0) is 49.5 Å². The fraction of sp³-hybridized carbons (Fsp3) is 0.263. The van der Waals surface area contributed by atoms with Crippen molar-refractivity contribution >= 4 is 64.0 Å². The van der Waals surface area contributed by atoms with Crippen molar-refractivity contribution < 1.29 is 13.9 Å². The third kappa shape index (κ3) is 6.81. The van der Waals surface area contributed by atoms with Crippen LogP contribution in [0.3, 0.4) is 0 Å². The fourth-order valence-electron chi connectivity index (χ4n) is 2.22. The summed E-state index contributed by atoms with van der Waals surface area (Å²) in [5, 5.41) is 7.20. The largest absolute Gasteiger partial charge is 0.462 e. The molecule has 0 aliphatic carbocycles. The summed E-state index contributed by atoms with van der Waals surface area (Å²) in [6.45, 7) is 2.58. The van der Waals surface area contributed by atoms with Crippen LogP contribution in [0.5, 0.6) is 0 Å². The van der Waals surface area contributed by atoms with E-state index in [1.165, 1.54) is 6.07 Å². The van der Waals surface area contributed by atoms with E-state index >= 15 is 0 Å². The molecule has 0 spiro atoms. The van der Waals surface area contributed by atoms with Crippen LogP contribution < -0.4 is 10.6 Å². The molecule has 0 saturated carbocycles. The van der Waals surface area contributed by atoms with E-state index in [1.54, 1.807) is 49.0 Å². The zero-order valence-corrected chi connectivity index (χ0v) is 18.2. The zero-order valence-electron chi connectivity index (χ0n) is 15.1. The van der Waals surface area contributed by atoms with E-state index in [-0.39, 0.29) is 18.0 Å². The number of hydrogen-bond donors (Lipinski definition) is 2. The molecular formula is C19H19Cl2FN2O2S2. The Bertz CT molecular complexity index is 832. The number of hydrogen-bond acceptors (Lipinski definition) is 4. The summed E-state index contributed by atoms with van der Waals surface area (Å²) in [4.78, 5) is 11.9. The normalized spacial score (nSPS) is 10.4. The second-order valence-electron chi connectivity index (χ2n) is 5.55. The molecule has 0 amide bonds. The number of anilines is 1. The first kappa shape index (κ1) is 22.7. The second-order valence-corrected chi connectivity index (χ2v) is 7.88. The van der Waals surface area contributed by atoms with Gasteiger partial charge in [-0.3, -0.25) is 0 Å². The van der Waals surface area contributed by atoms with Gasteiger partial charge in [-0.15, -0.1) is 0 Å². The lowest BCUT2D eigenvalue weighted by molar-refractivity contribution is 0.0526. The van der Waals surface area contributed by atoms with Crippen molar-refractivity contribution in [1.29, 1.82) is 0 Å². The van der Waals surface area contributed by atoms with E-state index in [2.05, 4.69) is 10.6 Å². The van der Waals surface area contributed by atoms with Crippen LogP contribution in [0, 0.1) is 5.82 Å². The Labute approximate surface area is 183 Å². The molecule has 0 atom stereocenters. The Morgan fingerprint density at radius 1 is 1.25 bits per heavy atom. The molecule has 9 heteroatoms. The fourth-order valence-corrected chi connectivity index (χ4v) is 3.84. The Hall–Kier alpha value is -1.54. The van der Waals surface area contributed by atoms with E-state index in [0.29, 0.717) is 44.5 Å². The van der Waals surface area contributed by atoms with Crippen molar-refractivity contribution in [3.05, 3.63) is 63.4 Å². The molecule has 0 unspecified atom stereocenters. The monoisotopic (exact) mass is 460 g/mol. The minimum absolute atomic E-state index is 0.266. The highest BCUT2D eigenvalue weighted by Crippen LogP contribution is 2.24. The van der Waals surface area contributed by atoms with Crippen molar-refractivity contribution in [1.82, 2.24) is 5.32 Å². The van der Waals surface area contributed by atoms with Gasteiger partial charge in [-0.25, -0.2) is 9.18 Å². The van der Waals surface area contributed by atoms with Crippen LogP contribution in [-0.2, 0) is 10.5 Å². The summed E-state index contributed by atoms with van der Waals surface area (Å²) in [6.07, 6.45) is 0. The third-order valence-electron chi connectivity index (χ3n) is 3.56. The van der Waals surface area contributed by atoms with Crippen LogP contribution in [0.4, 0.5) is 10.1 Å². The number of thioether (sulfide) groups is 1. The average molecular weight is 461 g/mol. The van der Waals surface area contributed by atoms with Crippen molar-refractivity contribution in [3.8, 4) is 0 Å². The van der Waals surface area contributed by atoms with Gasteiger partial charge < -0.3 is 15.4 Å². The molecule has 0 aliphatic heterocycles. The van der Waals surface area contributed by atoms with Gasteiger partial charge in [0.05, 0.1) is 17.2 Å². The van der Waals surface area contributed by atoms with Crippen molar-refractivity contribution in [2.75, 3.05) is 24.2 Å². The summed E-state index contributed by atoms with van der Waals surface area (Å²) in [5.41, 5.74) is 1.40. The summed E-state index contributed by atoms with van der Waals surface area (Å²) >= 11 is 18.8. The molecular weight excluding hydrogens is 442 g/mol. The number of halogens is 3. The molecule has 0 aromatic heterocycles. The van der Waals surface area contributed by atoms with E-state index in [1.807, 2.05) is 0 Å². The number of carbonyl (C=O) groups is 1. The molecule has 0 radical (unpaired) electrons. The summed E-state index contributed by atoms with van der Waals surface area (Å²) < 4.78 is 18.7. The first-order valence-corrected chi connectivity index (χ1v) is 10.8. The number of esters is 1. The molecule has 4 nitrogen and oxygen atoms in total. The van der Waals surface area contributed by atoms with Gasteiger partial charge in [0.1, 0.15) is 5.82 Å². The van der Waals surface area contributed by atoms with E-state index in [0.717, 1.165) is 0 Å². The highest BCUT2D eigenvalue weighted by Gasteiger charge is 2.12. The van der Waals surface area contributed by atoms with E-state index in [9.17, 15) is 9.18 Å². The number of thiocarbonyl (C=S) groups is 1. The smallest absolute Gasteiger partial charge is 0.339 e. The zero-order chi connectivity index (χ0) is 20.5. The molecule has 2 N–H and O–H groups in total. The standard InChI is InChI=1S/C19H19Cl2FN2O2S2/c1-2-26-18(25)13-10-12(6-7-16(13)21)24-19(27)23-8-9-28-11-14-15(20)4-3-5-17(14)22/h3-7,10H,2,8-9,11H2,1H3,(H2,23,24,27). The van der Waals surface area contributed by atoms with E-state index in [4.69, 9.17) is 40.2 Å². The third-order valence-corrected chi connectivity index (χ3v) is 5.48. The van der Waals surface area contributed by atoms with Gasteiger partial charge in [0.2, 0.25) is 0 Å². The van der Waals surface area contributed by atoms with Crippen LogP contribution in [0.2, 0.25) is 10.0 Å². The van der Waals surface area contributed by atoms with Gasteiger partial charge in [-0.1, -0.05) is 29.3 Å². The highest BCUT2D eigenvalue weighted by atomic mass is 35.5. The van der Waals surface area contributed by atoms with Crippen LogP contribution >= 0.6 is 47.2 Å². The van der Waals surface area contributed by atoms with Crippen molar-refractivity contribution in [3.63, 3.8) is 0 Å². The Kier molecular flexibility index (Phi) is 9.31. The number of nitrogens with one attached hydrogen (secondary N) is 2. The minimum atomic E-state index is -0.488. The van der Waals surface area contributed by atoms with Crippen LogP contribution in [0.25, 0.3) is 0 Å². The molecule has 0 saturated heterocycles. The SMILES string of the molecule is CCOC(=O)c1cc(NC(=S)NCCSCc2c(F)cccc2Cl)ccc1Cl. The molecule has 0 heterocycles. The summed E-state index contributed by atoms with van der Waals surface area (Å²) in [6, 6.07) is 9.57. The van der Waals surface area contributed by atoms with Gasteiger partial charge >= 0.3 is 5.97 Å². The number of benzene rings is 2. The molecule has 2 rings (SSSR count).